The van der Waals surface area contributed by atoms with E-state index in [1.165, 1.54) is 6.07 Å². The Labute approximate surface area is 193 Å². The molecule has 0 spiro atoms. The third-order valence-electron chi connectivity index (χ3n) is 5.74. The molecule has 0 bridgehead atoms. The summed E-state index contributed by atoms with van der Waals surface area (Å²) in [6, 6.07) is 13.2. The smallest absolute Gasteiger partial charge is 0.433 e. The van der Waals surface area contributed by atoms with Crippen LogP contribution in [0.5, 0.6) is 17.2 Å². The minimum atomic E-state index is -4.52. The van der Waals surface area contributed by atoms with Gasteiger partial charge >= 0.3 is 6.18 Å². The molecule has 9 heteroatoms. The number of fused-ring (bicyclic) bond motifs is 3. The zero-order valence-corrected chi connectivity index (χ0v) is 18.1. The van der Waals surface area contributed by atoms with Gasteiger partial charge in [0.15, 0.2) is 11.5 Å². The second-order valence-corrected chi connectivity index (χ2v) is 8.04. The predicted molar refractivity (Wildman–Crippen MR) is 117 cm³/mol. The molecule has 0 fully saturated rings. The van der Waals surface area contributed by atoms with Gasteiger partial charge in [-0.2, -0.15) is 13.2 Å². The maximum absolute atomic E-state index is 13.6. The molecule has 5 rings (SSSR count). The third kappa shape index (κ3) is 4.50. The van der Waals surface area contributed by atoms with E-state index in [1.54, 1.807) is 17.0 Å². The number of para-hydroxylation sites is 1. The molecule has 2 aromatic carbocycles. The normalized spacial score (nSPS) is 15.7. The Hall–Kier alpha value is -3.75. The molecule has 0 unspecified atom stereocenters. The minimum absolute atomic E-state index is 0.0222. The number of pyridine rings is 1. The highest BCUT2D eigenvalue weighted by Crippen LogP contribution is 2.38. The summed E-state index contributed by atoms with van der Waals surface area (Å²) in [6.45, 7) is 1.32. The first kappa shape index (κ1) is 22.1. The van der Waals surface area contributed by atoms with Crippen molar-refractivity contribution >= 4 is 11.6 Å². The van der Waals surface area contributed by atoms with Crippen LogP contribution in [-0.2, 0) is 30.4 Å². The predicted octanol–water partition coefficient (Wildman–Crippen LogP) is 4.58. The highest BCUT2D eigenvalue weighted by atomic mass is 19.4. The maximum Gasteiger partial charge on any atom is 0.433 e. The molecule has 0 radical (unpaired) electrons. The van der Waals surface area contributed by atoms with Crippen LogP contribution in [0.2, 0.25) is 0 Å². The van der Waals surface area contributed by atoms with Crippen LogP contribution in [0.15, 0.2) is 54.7 Å². The summed E-state index contributed by atoms with van der Waals surface area (Å²) in [5.74, 6) is 1.45. The number of ether oxygens (including phenoxy) is 3. The fourth-order valence-corrected chi connectivity index (χ4v) is 4.08. The molecule has 0 N–H and O–H groups in total. The van der Waals surface area contributed by atoms with Crippen LogP contribution >= 0.6 is 0 Å². The number of anilines is 1. The zero-order valence-electron chi connectivity index (χ0n) is 18.1. The topological polar surface area (TPSA) is 60.9 Å². The first-order valence-corrected chi connectivity index (χ1v) is 10.8. The molecular weight excluding hydrogens is 449 g/mol. The molecule has 3 heterocycles. The number of alkyl halides is 3. The Morgan fingerprint density at radius 2 is 1.62 bits per heavy atom. The summed E-state index contributed by atoms with van der Waals surface area (Å²) in [5.41, 5.74) is 1.77. The van der Waals surface area contributed by atoms with Crippen LogP contribution in [0.4, 0.5) is 18.9 Å². The van der Waals surface area contributed by atoms with E-state index in [0.29, 0.717) is 60.3 Å². The molecule has 6 nitrogen and oxygen atoms in total. The molecule has 2 aliphatic heterocycles. The number of nitrogens with zero attached hydrogens (tertiary/aromatic N) is 2. The monoisotopic (exact) mass is 470 g/mol. The molecule has 1 aromatic heterocycles. The van der Waals surface area contributed by atoms with Crippen molar-refractivity contribution in [3.63, 3.8) is 0 Å². The average Bonchev–Trinajstić information content (AvgIpc) is 2.82. The first-order chi connectivity index (χ1) is 16.4. The van der Waals surface area contributed by atoms with E-state index < -0.39 is 11.9 Å². The van der Waals surface area contributed by atoms with Gasteiger partial charge in [-0.1, -0.05) is 24.3 Å². The van der Waals surface area contributed by atoms with Crippen molar-refractivity contribution in [3.8, 4) is 17.2 Å². The maximum atomic E-state index is 13.6. The molecule has 34 heavy (non-hydrogen) atoms. The Morgan fingerprint density at radius 3 is 2.35 bits per heavy atom. The molecule has 0 atom stereocenters. The molecule has 0 saturated carbocycles. The highest BCUT2D eigenvalue weighted by Gasteiger charge is 2.32. The Kier molecular flexibility index (Phi) is 5.77. The van der Waals surface area contributed by atoms with Gasteiger partial charge in [0.25, 0.3) is 0 Å². The van der Waals surface area contributed by atoms with Crippen LogP contribution in [0.25, 0.3) is 0 Å². The summed E-state index contributed by atoms with van der Waals surface area (Å²) < 4.78 is 56.1. The Bertz CT molecular complexity index is 1210. The SMILES string of the molecule is O=C1Cc2cc3c(cc2OCCc2ccccc2N1Cc1ccc(C(F)(F)F)nc1)OCCO3. The van der Waals surface area contributed by atoms with Crippen LogP contribution in [-0.4, -0.2) is 30.7 Å². The van der Waals surface area contributed by atoms with Crippen LogP contribution in [0.1, 0.15) is 22.4 Å². The van der Waals surface area contributed by atoms with Crippen molar-refractivity contribution in [1.29, 1.82) is 0 Å². The van der Waals surface area contributed by atoms with E-state index in [0.717, 1.165) is 17.8 Å². The van der Waals surface area contributed by atoms with Crippen molar-refractivity contribution in [1.82, 2.24) is 4.98 Å². The fourth-order valence-electron chi connectivity index (χ4n) is 4.08. The number of amides is 1. The van der Waals surface area contributed by atoms with Gasteiger partial charge in [-0.25, -0.2) is 0 Å². The zero-order chi connectivity index (χ0) is 23.7. The Balaban J connectivity index is 1.50. The second kappa shape index (κ2) is 8.89. The number of carbonyl (C=O) groups excluding carboxylic acids is 1. The van der Waals surface area contributed by atoms with Gasteiger partial charge in [0, 0.05) is 29.9 Å². The molecule has 3 aromatic rings. The first-order valence-electron chi connectivity index (χ1n) is 10.8. The van der Waals surface area contributed by atoms with E-state index in [1.807, 2.05) is 24.3 Å². The van der Waals surface area contributed by atoms with Crippen molar-refractivity contribution < 1.29 is 32.2 Å². The average molecular weight is 470 g/mol. The van der Waals surface area contributed by atoms with E-state index in [4.69, 9.17) is 14.2 Å². The van der Waals surface area contributed by atoms with Gasteiger partial charge in [0.2, 0.25) is 5.91 Å². The molecular formula is C25H21F3N2O4. The standard InChI is InChI=1S/C25H21F3N2O4/c26-25(27,28)23-6-5-16(14-29-23)15-30-19-4-2-1-3-17(19)7-8-32-20-13-22-21(33-9-10-34-22)11-18(20)12-24(30)31/h1-6,11,13-14H,7-10,12,15H2. The Morgan fingerprint density at radius 1 is 0.882 bits per heavy atom. The number of halogens is 3. The molecule has 0 saturated heterocycles. The molecule has 1 amide bonds. The van der Waals surface area contributed by atoms with Gasteiger partial charge in [0.05, 0.1) is 19.6 Å². The van der Waals surface area contributed by atoms with Crippen molar-refractivity contribution in [2.24, 2.45) is 0 Å². The van der Waals surface area contributed by atoms with Crippen LogP contribution in [0.3, 0.4) is 0 Å². The molecule has 2 aliphatic rings. The number of benzene rings is 2. The summed E-state index contributed by atoms with van der Waals surface area (Å²) in [7, 11) is 0. The summed E-state index contributed by atoms with van der Waals surface area (Å²) in [4.78, 5) is 18.7. The number of rotatable bonds is 2. The van der Waals surface area contributed by atoms with Gasteiger partial charge in [0.1, 0.15) is 24.7 Å². The van der Waals surface area contributed by atoms with Crippen LogP contribution in [0, 0.1) is 0 Å². The molecule has 0 aliphatic carbocycles. The van der Waals surface area contributed by atoms with Crippen molar-refractivity contribution in [2.45, 2.75) is 25.6 Å². The second-order valence-electron chi connectivity index (χ2n) is 8.04. The van der Waals surface area contributed by atoms with Gasteiger partial charge in [-0.15, -0.1) is 0 Å². The lowest BCUT2D eigenvalue weighted by molar-refractivity contribution is -0.141. The lowest BCUT2D eigenvalue weighted by Crippen LogP contribution is -2.33. The quantitative estimate of drug-likeness (QED) is 0.549. The largest absolute Gasteiger partial charge is 0.493 e. The van der Waals surface area contributed by atoms with Crippen molar-refractivity contribution in [3.05, 3.63) is 77.1 Å². The lowest BCUT2D eigenvalue weighted by atomic mass is 10.0. The van der Waals surface area contributed by atoms with Gasteiger partial charge in [-0.05, 0) is 29.3 Å². The number of hydrogen-bond acceptors (Lipinski definition) is 5. The summed E-state index contributed by atoms with van der Waals surface area (Å²) in [5, 5.41) is 0. The minimum Gasteiger partial charge on any atom is -0.493 e. The van der Waals surface area contributed by atoms with Crippen molar-refractivity contribution in [2.75, 3.05) is 24.7 Å². The van der Waals surface area contributed by atoms with E-state index in [-0.39, 0.29) is 18.9 Å². The number of aromatic nitrogens is 1. The fraction of sp³-hybridized carbons (Fsp3) is 0.280. The van der Waals surface area contributed by atoms with Gasteiger partial charge in [-0.3, -0.25) is 9.78 Å². The summed E-state index contributed by atoms with van der Waals surface area (Å²) in [6.07, 6.45) is -2.80. The number of hydrogen-bond donors (Lipinski definition) is 0. The molecule has 176 valence electrons. The highest BCUT2D eigenvalue weighted by molar-refractivity contribution is 5.96. The van der Waals surface area contributed by atoms with Gasteiger partial charge < -0.3 is 19.1 Å². The van der Waals surface area contributed by atoms with E-state index in [9.17, 15) is 18.0 Å². The summed E-state index contributed by atoms with van der Waals surface area (Å²) >= 11 is 0. The number of carbonyl (C=O) groups is 1. The lowest BCUT2D eigenvalue weighted by Gasteiger charge is -2.28. The van der Waals surface area contributed by atoms with Crippen LogP contribution < -0.4 is 19.1 Å². The van der Waals surface area contributed by atoms with E-state index >= 15 is 0 Å². The third-order valence-corrected chi connectivity index (χ3v) is 5.74. The van der Waals surface area contributed by atoms with E-state index in [2.05, 4.69) is 4.98 Å².